The summed E-state index contributed by atoms with van der Waals surface area (Å²) in [7, 11) is 0. The summed E-state index contributed by atoms with van der Waals surface area (Å²) in [4.78, 5) is 12.5. The lowest BCUT2D eigenvalue weighted by Crippen LogP contribution is -2.46. The van der Waals surface area contributed by atoms with E-state index in [-0.39, 0.29) is 5.41 Å². The van der Waals surface area contributed by atoms with Crippen LogP contribution in [0.4, 0.5) is 0 Å². The molecule has 2 aromatic rings. The summed E-state index contributed by atoms with van der Waals surface area (Å²) in [5, 5.41) is 0. The fourth-order valence-corrected chi connectivity index (χ4v) is 4.71. The maximum Gasteiger partial charge on any atom is 0.159 e. The first-order chi connectivity index (χ1) is 11.8. The highest BCUT2D eigenvalue weighted by atomic mass is 15.1. The van der Waals surface area contributed by atoms with E-state index in [4.69, 9.17) is 4.98 Å². The van der Waals surface area contributed by atoms with Crippen LogP contribution in [0.3, 0.4) is 0 Å². The lowest BCUT2D eigenvalue weighted by molar-refractivity contribution is 0.138. The Morgan fingerprint density at radius 3 is 2.83 bits per heavy atom. The zero-order valence-corrected chi connectivity index (χ0v) is 14.2. The molecule has 3 nitrogen and oxygen atoms in total. The smallest absolute Gasteiger partial charge is 0.159 e. The minimum atomic E-state index is 0.287. The normalized spacial score (nSPS) is 26.7. The number of aryl methyl sites for hydroxylation is 1. The lowest BCUT2D eigenvalue weighted by Gasteiger charge is -2.40. The Hall–Kier alpha value is -1.74. The Bertz CT molecular complexity index is 734. The molecule has 24 heavy (non-hydrogen) atoms. The van der Waals surface area contributed by atoms with Gasteiger partial charge in [0.05, 0.1) is 5.69 Å². The first-order valence-electron chi connectivity index (χ1n) is 9.47. The number of hydrogen-bond acceptors (Lipinski definition) is 3. The first-order valence-corrected chi connectivity index (χ1v) is 9.47. The molecule has 3 heteroatoms. The molecule has 0 N–H and O–H groups in total. The minimum absolute atomic E-state index is 0.287. The van der Waals surface area contributed by atoms with Gasteiger partial charge in [0.1, 0.15) is 0 Å². The fraction of sp³-hybridized carbons (Fsp3) is 0.524. The number of fused-ring (bicyclic) bond motifs is 2. The van der Waals surface area contributed by atoms with E-state index in [0.29, 0.717) is 0 Å². The van der Waals surface area contributed by atoms with E-state index in [9.17, 15) is 0 Å². The zero-order valence-electron chi connectivity index (χ0n) is 14.2. The van der Waals surface area contributed by atoms with E-state index < -0.39 is 0 Å². The quantitative estimate of drug-likeness (QED) is 0.861. The van der Waals surface area contributed by atoms with E-state index in [1.54, 1.807) is 0 Å². The number of aromatic nitrogens is 2. The second kappa shape index (κ2) is 5.66. The van der Waals surface area contributed by atoms with Gasteiger partial charge in [0, 0.05) is 30.3 Å². The van der Waals surface area contributed by atoms with Gasteiger partial charge in [-0.25, -0.2) is 9.97 Å². The summed E-state index contributed by atoms with van der Waals surface area (Å²) in [6, 6.07) is 10.4. The van der Waals surface area contributed by atoms with E-state index in [2.05, 4.69) is 46.4 Å². The lowest BCUT2D eigenvalue weighted by atomic mass is 9.77. The van der Waals surface area contributed by atoms with E-state index in [1.165, 1.54) is 63.0 Å². The summed E-state index contributed by atoms with van der Waals surface area (Å²) in [6.45, 7) is 3.81. The molecule has 0 amide bonds. The summed E-state index contributed by atoms with van der Waals surface area (Å²) in [6.07, 6.45) is 10.0. The van der Waals surface area contributed by atoms with Crippen LogP contribution in [0, 0.1) is 5.92 Å². The van der Waals surface area contributed by atoms with Crippen molar-refractivity contribution in [3.05, 3.63) is 47.8 Å². The molecule has 3 aliphatic rings. The van der Waals surface area contributed by atoms with Gasteiger partial charge in [-0.1, -0.05) is 30.3 Å². The number of rotatable bonds is 3. The van der Waals surface area contributed by atoms with Crippen LogP contribution in [0.25, 0.3) is 11.4 Å². The van der Waals surface area contributed by atoms with Crippen molar-refractivity contribution in [2.24, 2.45) is 5.92 Å². The van der Waals surface area contributed by atoms with Crippen molar-refractivity contribution in [3.63, 3.8) is 0 Å². The Morgan fingerprint density at radius 1 is 1.12 bits per heavy atom. The highest BCUT2D eigenvalue weighted by molar-refractivity contribution is 5.55. The minimum Gasteiger partial charge on any atom is -0.302 e. The molecule has 1 atom stereocenters. The third-order valence-electron chi connectivity index (χ3n) is 6.14. The van der Waals surface area contributed by atoms with Gasteiger partial charge in [-0.15, -0.1) is 0 Å². The first kappa shape index (κ1) is 14.6. The Labute approximate surface area is 144 Å². The van der Waals surface area contributed by atoms with Crippen LogP contribution in [-0.2, 0) is 11.8 Å². The molecule has 2 aliphatic carbocycles. The number of hydrogen-bond donors (Lipinski definition) is 0. The number of benzene rings is 1. The predicted molar refractivity (Wildman–Crippen MR) is 95.9 cm³/mol. The van der Waals surface area contributed by atoms with Gasteiger partial charge in [0.15, 0.2) is 5.82 Å². The molecule has 1 unspecified atom stereocenters. The van der Waals surface area contributed by atoms with Crippen LogP contribution in [0.2, 0.25) is 0 Å². The largest absolute Gasteiger partial charge is 0.302 e. The van der Waals surface area contributed by atoms with Crippen LogP contribution in [0.5, 0.6) is 0 Å². The van der Waals surface area contributed by atoms with Gasteiger partial charge < -0.3 is 4.90 Å². The van der Waals surface area contributed by atoms with Crippen molar-refractivity contribution in [1.29, 1.82) is 0 Å². The number of likely N-dealkylation sites (tertiary alicyclic amines) is 1. The van der Waals surface area contributed by atoms with Crippen molar-refractivity contribution < 1.29 is 0 Å². The molecule has 1 saturated heterocycles. The Morgan fingerprint density at radius 2 is 2.00 bits per heavy atom. The Balaban J connectivity index is 1.48. The average Bonchev–Trinajstić information content (AvgIpc) is 3.39. The predicted octanol–water partition coefficient (Wildman–Crippen LogP) is 3.83. The molecule has 2 heterocycles. The van der Waals surface area contributed by atoms with Gasteiger partial charge in [0.2, 0.25) is 0 Å². The monoisotopic (exact) mass is 319 g/mol. The van der Waals surface area contributed by atoms with Crippen molar-refractivity contribution in [2.45, 2.75) is 43.9 Å². The molecule has 1 aromatic heterocycles. The maximum absolute atomic E-state index is 5.09. The van der Waals surface area contributed by atoms with Crippen molar-refractivity contribution in [3.8, 4) is 11.4 Å². The van der Waals surface area contributed by atoms with Gasteiger partial charge in [-0.05, 0) is 56.6 Å². The van der Waals surface area contributed by atoms with Gasteiger partial charge >= 0.3 is 0 Å². The summed E-state index contributed by atoms with van der Waals surface area (Å²) >= 11 is 0. The molecule has 1 aliphatic heterocycles. The second-order valence-electron chi connectivity index (χ2n) is 8.00. The van der Waals surface area contributed by atoms with Crippen LogP contribution in [0.15, 0.2) is 36.5 Å². The van der Waals surface area contributed by atoms with E-state index in [1.807, 2.05) is 0 Å². The molecule has 2 fully saturated rings. The molecule has 0 radical (unpaired) electrons. The van der Waals surface area contributed by atoms with Crippen molar-refractivity contribution in [1.82, 2.24) is 14.9 Å². The fourth-order valence-electron chi connectivity index (χ4n) is 4.71. The summed E-state index contributed by atoms with van der Waals surface area (Å²) < 4.78 is 0. The van der Waals surface area contributed by atoms with E-state index in [0.717, 1.165) is 23.7 Å². The standard InChI is InChI=1S/C21H25N3/c1-2-5-17(6-3-1)20-22-13-18-9-11-21(19(18)23-20)10-4-12-24(15-21)14-16-7-8-16/h1-3,5-6,13,16H,4,7-12,14-15H2. The third kappa shape index (κ3) is 2.55. The molecule has 0 bridgehead atoms. The average molecular weight is 319 g/mol. The second-order valence-corrected chi connectivity index (χ2v) is 8.00. The number of nitrogens with zero attached hydrogens (tertiary/aromatic N) is 3. The summed E-state index contributed by atoms with van der Waals surface area (Å²) in [5.41, 5.74) is 4.17. The Kier molecular flexibility index (Phi) is 3.44. The number of piperidine rings is 1. The van der Waals surface area contributed by atoms with Crippen LogP contribution in [-0.4, -0.2) is 34.5 Å². The van der Waals surface area contributed by atoms with Crippen LogP contribution >= 0.6 is 0 Å². The van der Waals surface area contributed by atoms with Crippen LogP contribution < -0.4 is 0 Å². The van der Waals surface area contributed by atoms with E-state index >= 15 is 0 Å². The highest BCUT2D eigenvalue weighted by Crippen LogP contribution is 2.45. The molecule has 5 rings (SSSR count). The van der Waals surface area contributed by atoms with Crippen LogP contribution in [0.1, 0.15) is 43.4 Å². The van der Waals surface area contributed by atoms with Crippen molar-refractivity contribution >= 4 is 0 Å². The van der Waals surface area contributed by atoms with Gasteiger partial charge in [-0.3, -0.25) is 0 Å². The molecular weight excluding hydrogens is 294 g/mol. The molecule has 1 aromatic carbocycles. The summed E-state index contributed by atoms with van der Waals surface area (Å²) in [5.74, 6) is 1.88. The molecular formula is C21H25N3. The topological polar surface area (TPSA) is 29.0 Å². The SMILES string of the molecule is c1ccc(-c2ncc3c(n2)C2(CCCN(CC4CC4)C2)CC3)cc1. The molecule has 124 valence electrons. The van der Waals surface area contributed by atoms with Crippen molar-refractivity contribution in [2.75, 3.05) is 19.6 Å². The third-order valence-corrected chi connectivity index (χ3v) is 6.14. The maximum atomic E-state index is 5.09. The molecule has 1 spiro atoms. The highest BCUT2D eigenvalue weighted by Gasteiger charge is 2.44. The van der Waals surface area contributed by atoms with Gasteiger partial charge in [0.25, 0.3) is 0 Å². The zero-order chi connectivity index (χ0) is 16.0. The van der Waals surface area contributed by atoms with Gasteiger partial charge in [-0.2, -0.15) is 0 Å². The molecule has 1 saturated carbocycles.